The van der Waals surface area contributed by atoms with E-state index in [1.54, 1.807) is 6.92 Å². The second kappa shape index (κ2) is 9.49. The first-order valence-corrected chi connectivity index (χ1v) is 10.4. The Morgan fingerprint density at radius 1 is 1.15 bits per heavy atom. The van der Waals surface area contributed by atoms with Crippen molar-refractivity contribution < 1.29 is 14.3 Å². The predicted molar refractivity (Wildman–Crippen MR) is 104 cm³/mol. The highest BCUT2D eigenvalue weighted by Gasteiger charge is 2.25. The Bertz CT molecular complexity index is 641. The van der Waals surface area contributed by atoms with Gasteiger partial charge in [0, 0.05) is 63.5 Å². The molecule has 0 bridgehead atoms. The molecule has 1 amide bonds. The first-order valence-electron chi connectivity index (χ1n) is 10.4. The maximum Gasteiger partial charge on any atom is 0.223 e. The Morgan fingerprint density at radius 2 is 1.85 bits per heavy atom. The van der Waals surface area contributed by atoms with Crippen LogP contribution in [0.15, 0.2) is 6.20 Å². The topological polar surface area (TPSA) is 64.4 Å². The van der Waals surface area contributed by atoms with Gasteiger partial charge in [-0.15, -0.1) is 0 Å². The Balaban J connectivity index is 1.47. The number of carbonyl (C=O) groups is 2. The van der Waals surface area contributed by atoms with Gasteiger partial charge < -0.3 is 19.0 Å². The summed E-state index contributed by atoms with van der Waals surface area (Å²) < 4.78 is 7.90. The highest BCUT2D eigenvalue weighted by atomic mass is 16.5. The van der Waals surface area contributed by atoms with E-state index in [1.165, 1.54) is 11.5 Å². The molecule has 0 N–H and O–H groups in total. The summed E-state index contributed by atoms with van der Waals surface area (Å²) in [4.78, 5) is 29.9. The summed E-state index contributed by atoms with van der Waals surface area (Å²) in [5.41, 5.74) is 1.24. The van der Waals surface area contributed by atoms with Gasteiger partial charge in [0.15, 0.2) is 0 Å². The Hall–Kier alpha value is -1.69. The molecule has 2 saturated heterocycles. The van der Waals surface area contributed by atoms with Gasteiger partial charge >= 0.3 is 0 Å². The molecule has 0 aromatic carbocycles. The highest BCUT2D eigenvalue weighted by Crippen LogP contribution is 2.28. The van der Waals surface area contributed by atoms with Crippen LogP contribution in [-0.2, 0) is 20.9 Å². The Labute approximate surface area is 162 Å². The molecule has 0 radical (unpaired) electrons. The summed E-state index contributed by atoms with van der Waals surface area (Å²) in [6, 6.07) is 0. The first-order chi connectivity index (χ1) is 13.0. The highest BCUT2D eigenvalue weighted by molar-refractivity contribution is 5.83. The molecule has 6 nitrogen and oxygen atoms in total. The molecular weight excluding hydrogens is 342 g/mol. The number of aryl methyl sites for hydroxylation is 1. The molecular formula is C21H33N3O3. The number of nitrogens with zero attached hydrogens (tertiary/aromatic N) is 3. The number of ketones is 1. The average molecular weight is 376 g/mol. The average Bonchev–Trinajstić information content (AvgIpc) is 3.06. The SMILES string of the molecule is CC(=O)CCC(=O)N1CCC(CCn2c(C)cnc2C2CCOCC2)CC1. The third-order valence-electron chi connectivity index (χ3n) is 6.09. The lowest BCUT2D eigenvalue weighted by molar-refractivity contribution is -0.134. The van der Waals surface area contributed by atoms with Crippen molar-refractivity contribution in [2.75, 3.05) is 26.3 Å². The second-order valence-corrected chi connectivity index (χ2v) is 8.11. The quantitative estimate of drug-likeness (QED) is 0.735. The predicted octanol–water partition coefficient (Wildman–Crippen LogP) is 3.08. The smallest absolute Gasteiger partial charge is 0.223 e. The fourth-order valence-electron chi connectivity index (χ4n) is 4.28. The number of ether oxygens (including phenoxy) is 1. The van der Waals surface area contributed by atoms with E-state index in [4.69, 9.17) is 9.72 Å². The molecule has 6 heteroatoms. The normalized spacial score (nSPS) is 19.4. The molecule has 150 valence electrons. The van der Waals surface area contributed by atoms with E-state index < -0.39 is 0 Å². The van der Waals surface area contributed by atoms with Crippen LogP contribution in [-0.4, -0.2) is 52.4 Å². The van der Waals surface area contributed by atoms with Crippen molar-refractivity contribution in [1.29, 1.82) is 0 Å². The summed E-state index contributed by atoms with van der Waals surface area (Å²) in [6.45, 7) is 8.05. The number of rotatable bonds is 7. The molecule has 3 heterocycles. The van der Waals surface area contributed by atoms with Crippen molar-refractivity contribution in [1.82, 2.24) is 14.5 Å². The van der Waals surface area contributed by atoms with E-state index in [0.29, 0.717) is 24.7 Å². The van der Waals surface area contributed by atoms with Crippen LogP contribution in [0.25, 0.3) is 0 Å². The van der Waals surface area contributed by atoms with Gasteiger partial charge in [-0.3, -0.25) is 4.79 Å². The standard InChI is InChI=1S/C21H33N3O3/c1-16-15-22-21(19-8-13-27-14-9-19)24(16)12-7-18-5-10-23(11-6-18)20(26)4-3-17(2)25/h15,18-19H,3-14H2,1-2H3. The van der Waals surface area contributed by atoms with Gasteiger partial charge in [0.1, 0.15) is 11.6 Å². The fraction of sp³-hybridized carbons (Fsp3) is 0.762. The van der Waals surface area contributed by atoms with E-state index >= 15 is 0 Å². The number of aromatic nitrogens is 2. The number of piperidine rings is 1. The summed E-state index contributed by atoms with van der Waals surface area (Å²) in [5.74, 6) is 2.64. The third kappa shape index (κ3) is 5.41. The fourth-order valence-corrected chi connectivity index (χ4v) is 4.28. The van der Waals surface area contributed by atoms with Gasteiger partial charge in [-0.1, -0.05) is 0 Å². The molecule has 27 heavy (non-hydrogen) atoms. The van der Waals surface area contributed by atoms with Crippen LogP contribution in [0.3, 0.4) is 0 Å². The lowest BCUT2D eigenvalue weighted by Gasteiger charge is -2.32. The monoisotopic (exact) mass is 375 g/mol. The molecule has 0 spiro atoms. The second-order valence-electron chi connectivity index (χ2n) is 8.11. The Kier molecular flexibility index (Phi) is 7.05. The number of hydrogen-bond donors (Lipinski definition) is 0. The van der Waals surface area contributed by atoms with Crippen LogP contribution in [0, 0.1) is 12.8 Å². The molecule has 2 aliphatic rings. The van der Waals surface area contributed by atoms with Crippen LogP contribution >= 0.6 is 0 Å². The summed E-state index contributed by atoms with van der Waals surface area (Å²) in [6.07, 6.45) is 8.13. The van der Waals surface area contributed by atoms with Crippen molar-refractivity contribution in [3.63, 3.8) is 0 Å². The number of likely N-dealkylation sites (tertiary alicyclic amines) is 1. The lowest BCUT2D eigenvalue weighted by Crippen LogP contribution is -2.38. The first kappa shape index (κ1) is 20.1. The minimum Gasteiger partial charge on any atom is -0.381 e. The van der Waals surface area contributed by atoms with Gasteiger partial charge in [-0.05, 0) is 51.9 Å². The van der Waals surface area contributed by atoms with Gasteiger partial charge in [0.05, 0.1) is 0 Å². The molecule has 2 aliphatic heterocycles. The van der Waals surface area contributed by atoms with Crippen LogP contribution in [0.2, 0.25) is 0 Å². The van der Waals surface area contributed by atoms with E-state index in [-0.39, 0.29) is 11.7 Å². The zero-order valence-corrected chi connectivity index (χ0v) is 16.8. The number of amides is 1. The summed E-state index contributed by atoms with van der Waals surface area (Å²) >= 11 is 0. The minimum absolute atomic E-state index is 0.0919. The van der Waals surface area contributed by atoms with Crippen LogP contribution in [0.5, 0.6) is 0 Å². The largest absolute Gasteiger partial charge is 0.381 e. The molecule has 0 aliphatic carbocycles. The van der Waals surface area contributed by atoms with E-state index in [0.717, 1.165) is 65.0 Å². The number of imidazole rings is 1. The number of carbonyl (C=O) groups excluding carboxylic acids is 2. The molecule has 0 atom stereocenters. The van der Waals surface area contributed by atoms with E-state index in [1.807, 2.05) is 11.1 Å². The maximum atomic E-state index is 12.2. The third-order valence-corrected chi connectivity index (χ3v) is 6.09. The van der Waals surface area contributed by atoms with Crippen LogP contribution in [0.4, 0.5) is 0 Å². The van der Waals surface area contributed by atoms with Crippen molar-refractivity contribution in [3.8, 4) is 0 Å². The zero-order valence-electron chi connectivity index (χ0n) is 16.8. The van der Waals surface area contributed by atoms with Gasteiger partial charge in [-0.25, -0.2) is 4.98 Å². The maximum absolute atomic E-state index is 12.2. The Morgan fingerprint density at radius 3 is 2.52 bits per heavy atom. The molecule has 1 aromatic heterocycles. The van der Waals surface area contributed by atoms with E-state index in [9.17, 15) is 9.59 Å². The van der Waals surface area contributed by atoms with Gasteiger partial charge in [0.25, 0.3) is 0 Å². The lowest BCUT2D eigenvalue weighted by atomic mass is 9.93. The van der Waals surface area contributed by atoms with E-state index in [2.05, 4.69) is 11.5 Å². The molecule has 3 rings (SSSR count). The van der Waals surface area contributed by atoms with Crippen molar-refractivity contribution in [3.05, 3.63) is 17.7 Å². The number of Topliss-reactive ketones (excluding diaryl/α,β-unsaturated/α-hetero) is 1. The van der Waals surface area contributed by atoms with Gasteiger partial charge in [0.2, 0.25) is 5.91 Å². The minimum atomic E-state index is 0.0919. The van der Waals surface area contributed by atoms with Crippen molar-refractivity contribution >= 4 is 11.7 Å². The van der Waals surface area contributed by atoms with Crippen molar-refractivity contribution in [2.24, 2.45) is 5.92 Å². The number of hydrogen-bond acceptors (Lipinski definition) is 4. The molecule has 2 fully saturated rings. The molecule has 0 unspecified atom stereocenters. The summed E-state index contributed by atoms with van der Waals surface area (Å²) in [7, 11) is 0. The molecule has 1 aromatic rings. The van der Waals surface area contributed by atoms with Crippen molar-refractivity contribution in [2.45, 2.75) is 71.3 Å². The van der Waals surface area contributed by atoms with Crippen LogP contribution in [0.1, 0.15) is 69.3 Å². The molecule has 0 saturated carbocycles. The zero-order chi connectivity index (χ0) is 19.2. The van der Waals surface area contributed by atoms with Crippen LogP contribution < -0.4 is 0 Å². The summed E-state index contributed by atoms with van der Waals surface area (Å²) in [5, 5.41) is 0. The van der Waals surface area contributed by atoms with Gasteiger partial charge in [-0.2, -0.15) is 0 Å².